The summed E-state index contributed by atoms with van der Waals surface area (Å²) in [7, 11) is 1.62. The first-order valence-electron chi connectivity index (χ1n) is 5.50. The van der Waals surface area contributed by atoms with Crippen LogP contribution in [0.4, 0.5) is 5.69 Å². The monoisotopic (exact) mass is 263 g/mol. The average molecular weight is 264 g/mol. The van der Waals surface area contributed by atoms with Crippen LogP contribution in [0.2, 0.25) is 5.02 Å². The summed E-state index contributed by atoms with van der Waals surface area (Å²) < 4.78 is 10.8. The van der Waals surface area contributed by atoms with Crippen molar-refractivity contribution < 1.29 is 9.47 Å². The fraction of sp³-hybridized carbons (Fsp3) is 0.143. The third-order valence-electron chi connectivity index (χ3n) is 2.51. The molecule has 0 aliphatic carbocycles. The van der Waals surface area contributed by atoms with Gasteiger partial charge < -0.3 is 15.2 Å². The Balaban J connectivity index is 2.04. The van der Waals surface area contributed by atoms with Crippen LogP contribution in [-0.2, 0) is 6.61 Å². The molecule has 3 nitrogen and oxygen atoms in total. The summed E-state index contributed by atoms with van der Waals surface area (Å²) >= 11 is 5.86. The van der Waals surface area contributed by atoms with E-state index in [1.165, 1.54) is 0 Å². The highest BCUT2D eigenvalue weighted by atomic mass is 35.5. The maximum absolute atomic E-state index is 5.86. The van der Waals surface area contributed by atoms with Gasteiger partial charge in [-0.3, -0.25) is 0 Å². The first-order valence-corrected chi connectivity index (χ1v) is 5.87. The molecule has 4 heteroatoms. The van der Waals surface area contributed by atoms with Gasteiger partial charge in [0, 0.05) is 6.07 Å². The number of halogens is 1. The molecule has 0 saturated heterocycles. The Kier molecular flexibility index (Phi) is 3.95. The summed E-state index contributed by atoms with van der Waals surface area (Å²) in [5.41, 5.74) is 7.26. The van der Waals surface area contributed by atoms with Crippen molar-refractivity contribution in [1.29, 1.82) is 0 Å². The highest BCUT2D eigenvalue weighted by molar-refractivity contribution is 6.33. The topological polar surface area (TPSA) is 44.5 Å². The van der Waals surface area contributed by atoms with Gasteiger partial charge in [-0.05, 0) is 29.8 Å². The SMILES string of the molecule is COc1cccc(OCc2ccc(Cl)c(N)c2)c1. The fourth-order valence-electron chi connectivity index (χ4n) is 1.54. The lowest BCUT2D eigenvalue weighted by atomic mass is 10.2. The lowest BCUT2D eigenvalue weighted by molar-refractivity contribution is 0.303. The molecule has 94 valence electrons. The maximum atomic E-state index is 5.86. The van der Waals surface area contributed by atoms with E-state index in [9.17, 15) is 0 Å². The highest BCUT2D eigenvalue weighted by Gasteiger charge is 2.01. The van der Waals surface area contributed by atoms with Crippen LogP contribution < -0.4 is 15.2 Å². The van der Waals surface area contributed by atoms with Gasteiger partial charge in [-0.25, -0.2) is 0 Å². The Labute approximate surface area is 111 Å². The largest absolute Gasteiger partial charge is 0.497 e. The first-order chi connectivity index (χ1) is 8.69. The lowest BCUT2D eigenvalue weighted by Crippen LogP contribution is -1.97. The summed E-state index contributed by atoms with van der Waals surface area (Å²) in [5.74, 6) is 1.52. The third kappa shape index (κ3) is 3.08. The second kappa shape index (κ2) is 5.65. The molecule has 2 aromatic rings. The molecule has 0 aromatic heterocycles. The van der Waals surface area contributed by atoms with Crippen molar-refractivity contribution in [3.63, 3.8) is 0 Å². The molecule has 0 bridgehead atoms. The van der Waals surface area contributed by atoms with Crippen molar-refractivity contribution in [1.82, 2.24) is 0 Å². The number of nitrogen functional groups attached to an aromatic ring is 1. The molecule has 0 aliphatic rings. The normalized spacial score (nSPS) is 10.1. The zero-order valence-corrected chi connectivity index (χ0v) is 10.8. The zero-order chi connectivity index (χ0) is 13.0. The molecule has 0 unspecified atom stereocenters. The van der Waals surface area contributed by atoms with Crippen LogP contribution >= 0.6 is 11.6 Å². The molecule has 0 aliphatic heterocycles. The van der Waals surface area contributed by atoms with Crippen molar-refractivity contribution in [3.8, 4) is 11.5 Å². The van der Waals surface area contributed by atoms with Crippen LogP contribution in [0.25, 0.3) is 0 Å². The minimum atomic E-state index is 0.439. The fourth-order valence-corrected chi connectivity index (χ4v) is 1.66. The van der Waals surface area contributed by atoms with E-state index in [1.54, 1.807) is 13.2 Å². The number of nitrogens with two attached hydrogens (primary N) is 1. The molecule has 0 amide bonds. The van der Waals surface area contributed by atoms with Crippen molar-refractivity contribution in [2.75, 3.05) is 12.8 Å². The van der Waals surface area contributed by atoms with E-state index < -0.39 is 0 Å². The Morgan fingerprint density at radius 2 is 1.89 bits per heavy atom. The van der Waals surface area contributed by atoms with E-state index in [0.29, 0.717) is 17.3 Å². The summed E-state index contributed by atoms with van der Waals surface area (Å²) in [6.45, 7) is 0.439. The maximum Gasteiger partial charge on any atom is 0.123 e. The molecule has 2 N–H and O–H groups in total. The molecule has 0 fully saturated rings. The molecule has 0 radical (unpaired) electrons. The van der Waals surface area contributed by atoms with Crippen molar-refractivity contribution in [2.24, 2.45) is 0 Å². The quantitative estimate of drug-likeness (QED) is 0.859. The summed E-state index contributed by atoms with van der Waals surface area (Å²) in [5, 5.41) is 0.556. The standard InChI is InChI=1S/C14H14ClNO2/c1-17-11-3-2-4-12(8-11)18-9-10-5-6-13(15)14(16)7-10/h2-8H,9,16H2,1H3. The first kappa shape index (κ1) is 12.6. The summed E-state index contributed by atoms with van der Waals surface area (Å²) in [4.78, 5) is 0. The molecule has 0 atom stereocenters. The Bertz CT molecular complexity index is 543. The van der Waals surface area contributed by atoms with Crippen LogP contribution in [0.5, 0.6) is 11.5 Å². The van der Waals surface area contributed by atoms with Crippen LogP contribution in [0, 0.1) is 0 Å². The molecule has 0 heterocycles. The molecule has 2 aromatic carbocycles. The predicted molar refractivity (Wildman–Crippen MR) is 73.2 cm³/mol. The summed E-state index contributed by atoms with van der Waals surface area (Å²) in [6.07, 6.45) is 0. The van der Waals surface area contributed by atoms with E-state index in [2.05, 4.69) is 0 Å². The van der Waals surface area contributed by atoms with Gasteiger partial charge in [0.15, 0.2) is 0 Å². The van der Waals surface area contributed by atoms with Crippen LogP contribution in [0.1, 0.15) is 5.56 Å². The minimum Gasteiger partial charge on any atom is -0.497 e. The number of hydrogen-bond donors (Lipinski definition) is 1. The van der Waals surface area contributed by atoms with E-state index >= 15 is 0 Å². The van der Waals surface area contributed by atoms with Gasteiger partial charge in [0.25, 0.3) is 0 Å². The van der Waals surface area contributed by atoms with E-state index in [0.717, 1.165) is 17.1 Å². The lowest BCUT2D eigenvalue weighted by Gasteiger charge is -2.08. The third-order valence-corrected chi connectivity index (χ3v) is 2.85. The molecule has 0 saturated carbocycles. The Hall–Kier alpha value is -1.87. The van der Waals surface area contributed by atoms with Crippen molar-refractivity contribution in [3.05, 3.63) is 53.1 Å². The smallest absolute Gasteiger partial charge is 0.123 e. The number of hydrogen-bond acceptors (Lipinski definition) is 3. The van der Waals surface area contributed by atoms with Crippen LogP contribution in [0.3, 0.4) is 0 Å². The molecular weight excluding hydrogens is 250 g/mol. The van der Waals surface area contributed by atoms with E-state index in [-0.39, 0.29) is 0 Å². The van der Waals surface area contributed by atoms with Gasteiger partial charge >= 0.3 is 0 Å². The molecule has 2 rings (SSSR count). The second-order valence-electron chi connectivity index (χ2n) is 3.82. The average Bonchev–Trinajstić information content (AvgIpc) is 2.40. The number of anilines is 1. The van der Waals surface area contributed by atoms with Gasteiger partial charge in [-0.15, -0.1) is 0 Å². The van der Waals surface area contributed by atoms with Crippen LogP contribution in [0.15, 0.2) is 42.5 Å². The van der Waals surface area contributed by atoms with Gasteiger partial charge in [-0.2, -0.15) is 0 Å². The molecule has 0 spiro atoms. The highest BCUT2D eigenvalue weighted by Crippen LogP contribution is 2.22. The Morgan fingerprint density at radius 1 is 1.11 bits per heavy atom. The number of benzene rings is 2. The van der Waals surface area contributed by atoms with Crippen molar-refractivity contribution >= 4 is 17.3 Å². The second-order valence-corrected chi connectivity index (χ2v) is 4.23. The number of rotatable bonds is 4. The zero-order valence-electron chi connectivity index (χ0n) is 10.0. The van der Waals surface area contributed by atoms with Gasteiger partial charge in [0.05, 0.1) is 17.8 Å². The van der Waals surface area contributed by atoms with Gasteiger partial charge in [-0.1, -0.05) is 23.7 Å². The molecular formula is C14H14ClNO2. The van der Waals surface area contributed by atoms with Gasteiger partial charge in [0.2, 0.25) is 0 Å². The predicted octanol–water partition coefficient (Wildman–Crippen LogP) is 3.51. The molecule has 18 heavy (non-hydrogen) atoms. The van der Waals surface area contributed by atoms with Crippen LogP contribution in [-0.4, -0.2) is 7.11 Å². The number of ether oxygens (including phenoxy) is 2. The minimum absolute atomic E-state index is 0.439. The van der Waals surface area contributed by atoms with Crippen molar-refractivity contribution in [2.45, 2.75) is 6.61 Å². The Morgan fingerprint density at radius 3 is 2.61 bits per heavy atom. The van der Waals surface area contributed by atoms with E-state index in [4.69, 9.17) is 26.8 Å². The van der Waals surface area contributed by atoms with E-state index in [1.807, 2.05) is 36.4 Å². The van der Waals surface area contributed by atoms with Gasteiger partial charge in [0.1, 0.15) is 18.1 Å². The number of methoxy groups -OCH3 is 1. The summed E-state index contributed by atoms with van der Waals surface area (Å²) in [6, 6.07) is 12.9.